The molecule has 0 fully saturated rings. The number of oxime groups is 1. The minimum Gasteiger partial charge on any atom is -0.479 e. The van der Waals surface area contributed by atoms with Crippen LogP contribution in [-0.4, -0.2) is 16.7 Å². The van der Waals surface area contributed by atoms with E-state index < -0.39 is 10.9 Å². The van der Waals surface area contributed by atoms with E-state index in [0.717, 1.165) is 5.56 Å². The fourth-order valence-electron chi connectivity index (χ4n) is 2.40. The molecule has 9 nitrogen and oxygen atoms in total. The van der Waals surface area contributed by atoms with Crippen LogP contribution in [0.15, 0.2) is 70.2 Å². The quantitative estimate of drug-likeness (QED) is 0.213. The van der Waals surface area contributed by atoms with Gasteiger partial charge in [-0.1, -0.05) is 41.6 Å². The van der Waals surface area contributed by atoms with Crippen molar-refractivity contribution in [2.75, 3.05) is 0 Å². The molecule has 29 heavy (non-hydrogen) atoms. The lowest BCUT2D eigenvalue weighted by Gasteiger charge is -2.05. The van der Waals surface area contributed by atoms with E-state index in [4.69, 9.17) is 19.7 Å². The van der Waals surface area contributed by atoms with Crippen LogP contribution in [0.3, 0.4) is 0 Å². The second-order valence-corrected chi connectivity index (χ2v) is 6.00. The first-order chi connectivity index (χ1) is 13.9. The Kier molecular flexibility index (Phi) is 5.88. The van der Waals surface area contributed by atoms with Gasteiger partial charge in [0.05, 0.1) is 4.92 Å². The number of nitro benzene ring substituents is 1. The Morgan fingerprint density at radius 3 is 2.66 bits per heavy atom. The first-order valence-electron chi connectivity index (χ1n) is 8.51. The zero-order chi connectivity index (χ0) is 20.8. The summed E-state index contributed by atoms with van der Waals surface area (Å²) in [6.07, 6.45) is 0. The Morgan fingerprint density at radius 2 is 1.93 bits per heavy atom. The lowest BCUT2D eigenvalue weighted by molar-refractivity contribution is -0.386. The second-order valence-electron chi connectivity index (χ2n) is 6.00. The monoisotopic (exact) mass is 395 g/mol. The second kappa shape index (κ2) is 8.70. The van der Waals surface area contributed by atoms with Crippen molar-refractivity contribution in [2.24, 2.45) is 10.9 Å². The molecule has 0 amide bonds. The number of benzene rings is 2. The number of rotatable bonds is 7. The van der Waals surface area contributed by atoms with Crippen LogP contribution < -0.4 is 10.5 Å². The summed E-state index contributed by atoms with van der Waals surface area (Å²) in [5.74, 6) is -0.517. The highest BCUT2D eigenvalue weighted by atomic mass is 16.7. The number of carbonyl (C=O) groups is 1. The number of nitro groups is 1. The first kappa shape index (κ1) is 19.6. The molecule has 0 saturated heterocycles. The SMILES string of the molecule is Cc1ccc(OCc2ccc(C(=O)O/N=C(\N)c3ccccc3)o2)c([N+](=O)[O-])c1. The van der Waals surface area contributed by atoms with Crippen LogP contribution in [0.2, 0.25) is 0 Å². The number of hydrogen-bond acceptors (Lipinski definition) is 7. The lowest BCUT2D eigenvalue weighted by atomic mass is 10.2. The highest BCUT2D eigenvalue weighted by molar-refractivity contribution is 5.97. The summed E-state index contributed by atoms with van der Waals surface area (Å²) in [4.78, 5) is 27.4. The molecule has 0 aliphatic carbocycles. The number of carbonyl (C=O) groups excluding carboxylic acids is 1. The molecule has 2 N–H and O–H groups in total. The van der Waals surface area contributed by atoms with Gasteiger partial charge in [0.25, 0.3) is 0 Å². The van der Waals surface area contributed by atoms with Gasteiger partial charge in [-0.15, -0.1) is 0 Å². The number of amidine groups is 1. The average Bonchev–Trinajstić information content (AvgIpc) is 3.20. The van der Waals surface area contributed by atoms with E-state index in [0.29, 0.717) is 5.56 Å². The van der Waals surface area contributed by atoms with Crippen molar-refractivity contribution >= 4 is 17.5 Å². The van der Waals surface area contributed by atoms with Gasteiger partial charge in [-0.3, -0.25) is 10.1 Å². The van der Waals surface area contributed by atoms with Crippen LogP contribution in [0, 0.1) is 17.0 Å². The summed E-state index contributed by atoms with van der Waals surface area (Å²) in [7, 11) is 0. The van der Waals surface area contributed by atoms with E-state index in [1.54, 1.807) is 37.3 Å². The molecule has 0 radical (unpaired) electrons. The molecule has 0 aliphatic rings. The number of hydrogen-bond donors (Lipinski definition) is 1. The molecule has 0 spiro atoms. The molecule has 3 aromatic rings. The van der Waals surface area contributed by atoms with E-state index in [1.807, 2.05) is 6.07 Å². The first-order valence-corrected chi connectivity index (χ1v) is 8.51. The standard InChI is InChI=1S/C20H17N3O6/c1-13-7-9-17(16(11-13)23(25)26)27-12-15-8-10-18(28-15)20(24)29-22-19(21)14-5-3-2-4-6-14/h2-11H,12H2,1H3,(H2,21,22). The van der Waals surface area contributed by atoms with Crippen molar-refractivity contribution < 1.29 is 23.7 Å². The maximum Gasteiger partial charge on any atom is 0.400 e. The zero-order valence-corrected chi connectivity index (χ0v) is 15.4. The lowest BCUT2D eigenvalue weighted by Crippen LogP contribution is -2.15. The molecular formula is C20H17N3O6. The summed E-state index contributed by atoms with van der Waals surface area (Å²) in [5, 5.41) is 14.7. The molecule has 1 aromatic heterocycles. The van der Waals surface area contributed by atoms with Crippen LogP contribution >= 0.6 is 0 Å². The molecule has 1 heterocycles. The van der Waals surface area contributed by atoms with Crippen molar-refractivity contribution in [2.45, 2.75) is 13.5 Å². The van der Waals surface area contributed by atoms with Crippen LogP contribution in [0.1, 0.15) is 27.4 Å². The number of ether oxygens (including phenoxy) is 1. The molecule has 9 heteroatoms. The van der Waals surface area contributed by atoms with Gasteiger partial charge in [-0.05, 0) is 30.7 Å². The van der Waals surface area contributed by atoms with Crippen molar-refractivity contribution in [1.29, 1.82) is 0 Å². The summed E-state index contributed by atoms with van der Waals surface area (Å²) >= 11 is 0. The largest absolute Gasteiger partial charge is 0.479 e. The third kappa shape index (κ3) is 4.98. The number of furan rings is 1. The highest BCUT2D eigenvalue weighted by Gasteiger charge is 2.17. The molecule has 3 rings (SSSR count). The van der Waals surface area contributed by atoms with Crippen LogP contribution in [0.5, 0.6) is 5.75 Å². The molecular weight excluding hydrogens is 378 g/mol. The van der Waals surface area contributed by atoms with Gasteiger partial charge in [0, 0.05) is 11.6 Å². The summed E-state index contributed by atoms with van der Waals surface area (Å²) in [5.41, 5.74) is 6.95. The minimum atomic E-state index is -0.837. The third-order valence-electron chi connectivity index (χ3n) is 3.84. The molecule has 0 unspecified atom stereocenters. The molecule has 148 valence electrons. The van der Waals surface area contributed by atoms with Crippen molar-refractivity contribution in [3.8, 4) is 5.75 Å². The molecule has 0 atom stereocenters. The van der Waals surface area contributed by atoms with Crippen molar-refractivity contribution in [1.82, 2.24) is 0 Å². The van der Waals surface area contributed by atoms with Gasteiger partial charge in [0.2, 0.25) is 5.76 Å². The number of nitrogens with two attached hydrogens (primary N) is 1. The van der Waals surface area contributed by atoms with E-state index in [9.17, 15) is 14.9 Å². The Morgan fingerprint density at radius 1 is 1.17 bits per heavy atom. The molecule has 0 saturated carbocycles. The smallest absolute Gasteiger partial charge is 0.400 e. The predicted molar refractivity (Wildman–Crippen MR) is 103 cm³/mol. The van der Waals surface area contributed by atoms with Gasteiger partial charge < -0.3 is 19.7 Å². The Labute approximate surface area is 165 Å². The Balaban J connectivity index is 1.62. The number of nitrogens with zero attached hydrogens (tertiary/aromatic N) is 2. The predicted octanol–water partition coefficient (Wildman–Crippen LogP) is 3.55. The Hall–Kier alpha value is -4.14. The topological polar surface area (TPSA) is 130 Å². The van der Waals surface area contributed by atoms with Gasteiger partial charge in [0.1, 0.15) is 12.4 Å². The Bertz CT molecular complexity index is 1060. The fourth-order valence-corrected chi connectivity index (χ4v) is 2.40. The minimum absolute atomic E-state index is 0.0424. The van der Waals surface area contributed by atoms with Gasteiger partial charge in [0.15, 0.2) is 11.6 Å². The average molecular weight is 395 g/mol. The zero-order valence-electron chi connectivity index (χ0n) is 15.4. The van der Waals surface area contributed by atoms with Crippen LogP contribution in [0.25, 0.3) is 0 Å². The van der Waals surface area contributed by atoms with Gasteiger partial charge in [-0.2, -0.15) is 0 Å². The maximum atomic E-state index is 12.0. The fraction of sp³-hybridized carbons (Fsp3) is 0.100. The normalized spacial score (nSPS) is 11.1. The van der Waals surface area contributed by atoms with Crippen LogP contribution in [0.4, 0.5) is 5.69 Å². The third-order valence-corrected chi connectivity index (χ3v) is 3.84. The summed E-state index contributed by atoms with van der Waals surface area (Å²) in [6, 6.07) is 16.3. The van der Waals surface area contributed by atoms with E-state index in [2.05, 4.69) is 5.16 Å². The van der Waals surface area contributed by atoms with E-state index in [-0.39, 0.29) is 35.4 Å². The molecule has 2 aromatic carbocycles. The van der Waals surface area contributed by atoms with Gasteiger partial charge in [-0.25, -0.2) is 4.79 Å². The molecule has 0 bridgehead atoms. The number of aryl methyl sites for hydroxylation is 1. The summed E-state index contributed by atoms with van der Waals surface area (Å²) in [6.45, 7) is 1.64. The van der Waals surface area contributed by atoms with Crippen LogP contribution in [-0.2, 0) is 11.4 Å². The maximum absolute atomic E-state index is 12.0. The molecule has 0 aliphatic heterocycles. The van der Waals surface area contributed by atoms with Crippen molar-refractivity contribution in [3.63, 3.8) is 0 Å². The summed E-state index contributed by atoms with van der Waals surface area (Å²) < 4.78 is 10.8. The van der Waals surface area contributed by atoms with E-state index >= 15 is 0 Å². The van der Waals surface area contributed by atoms with E-state index in [1.165, 1.54) is 24.3 Å². The highest BCUT2D eigenvalue weighted by Crippen LogP contribution is 2.28. The van der Waals surface area contributed by atoms with Gasteiger partial charge >= 0.3 is 11.7 Å². The van der Waals surface area contributed by atoms with Crippen molar-refractivity contribution in [3.05, 3.63) is 93.4 Å².